The van der Waals surface area contributed by atoms with Crippen molar-refractivity contribution in [2.24, 2.45) is 0 Å². The molecule has 1 N–H and O–H groups in total. The summed E-state index contributed by atoms with van der Waals surface area (Å²) in [6.07, 6.45) is 7.92. The smallest absolute Gasteiger partial charge is 0.0354 e. The van der Waals surface area contributed by atoms with Crippen LogP contribution in [0.5, 0.6) is 0 Å². The summed E-state index contributed by atoms with van der Waals surface area (Å²) in [4.78, 5) is 2.81. The van der Waals surface area contributed by atoms with E-state index in [-0.39, 0.29) is 0 Å². The average molecular weight is 272 g/mol. The van der Waals surface area contributed by atoms with Crippen molar-refractivity contribution in [2.45, 2.75) is 57.5 Å². The first-order chi connectivity index (χ1) is 9.90. The van der Waals surface area contributed by atoms with Crippen LogP contribution in [-0.2, 0) is 6.42 Å². The van der Waals surface area contributed by atoms with Gasteiger partial charge >= 0.3 is 0 Å². The molecule has 0 spiro atoms. The van der Waals surface area contributed by atoms with Gasteiger partial charge in [-0.25, -0.2) is 0 Å². The Labute approximate surface area is 123 Å². The molecule has 2 atom stereocenters. The van der Waals surface area contributed by atoms with E-state index in [0.29, 0.717) is 6.04 Å². The van der Waals surface area contributed by atoms with E-state index < -0.39 is 0 Å². The van der Waals surface area contributed by atoms with Gasteiger partial charge in [0.05, 0.1) is 0 Å². The van der Waals surface area contributed by atoms with Crippen LogP contribution in [-0.4, -0.2) is 30.6 Å². The number of aryl methyl sites for hydroxylation is 1. The van der Waals surface area contributed by atoms with Crippen molar-refractivity contribution in [1.82, 2.24) is 10.2 Å². The van der Waals surface area contributed by atoms with E-state index in [9.17, 15) is 0 Å². The van der Waals surface area contributed by atoms with Crippen LogP contribution in [0.4, 0.5) is 0 Å². The van der Waals surface area contributed by atoms with Gasteiger partial charge in [0.15, 0.2) is 0 Å². The SMILES string of the molecule is CCCN(C1CCCNC1)C1CCCc2ccccc21. The molecule has 3 rings (SSSR count). The van der Waals surface area contributed by atoms with E-state index in [1.807, 2.05) is 0 Å². The zero-order valence-corrected chi connectivity index (χ0v) is 12.8. The maximum Gasteiger partial charge on any atom is 0.0354 e. The van der Waals surface area contributed by atoms with Gasteiger partial charge in [0.2, 0.25) is 0 Å². The third kappa shape index (κ3) is 2.91. The summed E-state index contributed by atoms with van der Waals surface area (Å²) in [6.45, 7) is 5.94. The molecule has 1 aliphatic carbocycles. The fourth-order valence-corrected chi connectivity index (χ4v) is 4.04. The fourth-order valence-electron chi connectivity index (χ4n) is 4.04. The first-order valence-electron chi connectivity index (χ1n) is 8.44. The lowest BCUT2D eigenvalue weighted by Crippen LogP contribution is -2.48. The van der Waals surface area contributed by atoms with Gasteiger partial charge in [-0.2, -0.15) is 0 Å². The number of fused-ring (bicyclic) bond motifs is 1. The second-order valence-electron chi connectivity index (χ2n) is 6.34. The highest BCUT2D eigenvalue weighted by Gasteiger charge is 2.30. The third-order valence-electron chi connectivity index (χ3n) is 4.96. The van der Waals surface area contributed by atoms with Crippen molar-refractivity contribution >= 4 is 0 Å². The van der Waals surface area contributed by atoms with Crippen LogP contribution in [0.15, 0.2) is 24.3 Å². The highest BCUT2D eigenvalue weighted by atomic mass is 15.2. The van der Waals surface area contributed by atoms with E-state index >= 15 is 0 Å². The molecule has 20 heavy (non-hydrogen) atoms. The Balaban J connectivity index is 1.84. The lowest BCUT2D eigenvalue weighted by atomic mass is 9.85. The predicted molar refractivity (Wildman–Crippen MR) is 85.0 cm³/mol. The van der Waals surface area contributed by atoms with Crippen LogP contribution >= 0.6 is 0 Å². The maximum atomic E-state index is 3.60. The molecule has 110 valence electrons. The van der Waals surface area contributed by atoms with Gasteiger partial charge < -0.3 is 5.32 Å². The molecule has 1 aromatic carbocycles. The Bertz CT molecular complexity index is 423. The number of hydrogen-bond acceptors (Lipinski definition) is 2. The van der Waals surface area contributed by atoms with Crippen molar-refractivity contribution in [3.8, 4) is 0 Å². The minimum absolute atomic E-state index is 0.657. The van der Waals surface area contributed by atoms with Crippen molar-refractivity contribution in [3.05, 3.63) is 35.4 Å². The standard InChI is InChI=1S/C18H28N2/c1-2-13-20(16-9-6-12-19-14-16)18-11-5-8-15-7-3-4-10-17(15)18/h3-4,7,10,16,18-19H,2,5-6,8-9,11-14H2,1H3. The molecular formula is C18H28N2. The second kappa shape index (κ2) is 6.73. The molecule has 2 heteroatoms. The lowest BCUT2D eigenvalue weighted by Gasteiger charge is -2.42. The largest absolute Gasteiger partial charge is 0.315 e. The van der Waals surface area contributed by atoms with E-state index in [4.69, 9.17) is 0 Å². The summed E-state index contributed by atoms with van der Waals surface area (Å²) in [5.74, 6) is 0. The fraction of sp³-hybridized carbons (Fsp3) is 0.667. The number of hydrogen-bond donors (Lipinski definition) is 1. The molecular weight excluding hydrogens is 244 g/mol. The second-order valence-corrected chi connectivity index (χ2v) is 6.34. The van der Waals surface area contributed by atoms with Crippen LogP contribution < -0.4 is 5.32 Å². The van der Waals surface area contributed by atoms with Crippen LogP contribution in [0, 0.1) is 0 Å². The molecule has 1 aliphatic heterocycles. The van der Waals surface area contributed by atoms with Crippen molar-refractivity contribution in [3.63, 3.8) is 0 Å². The van der Waals surface area contributed by atoms with Crippen LogP contribution in [0.1, 0.15) is 56.2 Å². The van der Waals surface area contributed by atoms with Gasteiger partial charge in [0.25, 0.3) is 0 Å². The Morgan fingerprint density at radius 3 is 2.90 bits per heavy atom. The number of rotatable bonds is 4. The Morgan fingerprint density at radius 1 is 1.20 bits per heavy atom. The maximum absolute atomic E-state index is 3.60. The van der Waals surface area contributed by atoms with Crippen LogP contribution in [0.2, 0.25) is 0 Å². The summed E-state index contributed by atoms with van der Waals surface area (Å²) in [5.41, 5.74) is 3.20. The van der Waals surface area contributed by atoms with Gasteiger partial charge in [-0.3, -0.25) is 4.90 Å². The van der Waals surface area contributed by atoms with E-state index in [0.717, 1.165) is 6.04 Å². The summed E-state index contributed by atoms with van der Waals surface area (Å²) < 4.78 is 0. The molecule has 1 saturated heterocycles. The lowest BCUT2D eigenvalue weighted by molar-refractivity contribution is 0.100. The molecule has 2 unspecified atom stereocenters. The molecule has 0 radical (unpaired) electrons. The van der Waals surface area contributed by atoms with E-state index in [2.05, 4.69) is 41.4 Å². The third-order valence-corrected chi connectivity index (χ3v) is 4.96. The Hall–Kier alpha value is -0.860. The molecule has 1 aromatic rings. The zero-order chi connectivity index (χ0) is 13.8. The van der Waals surface area contributed by atoms with Crippen LogP contribution in [0.25, 0.3) is 0 Å². The highest BCUT2D eigenvalue weighted by Crippen LogP contribution is 2.36. The molecule has 2 nitrogen and oxygen atoms in total. The number of benzene rings is 1. The first kappa shape index (κ1) is 14.1. The predicted octanol–water partition coefficient (Wildman–Crippen LogP) is 3.53. The Kier molecular flexibility index (Phi) is 4.74. The van der Waals surface area contributed by atoms with Gasteiger partial charge in [0, 0.05) is 18.6 Å². The highest BCUT2D eigenvalue weighted by molar-refractivity contribution is 5.32. The Morgan fingerprint density at radius 2 is 2.10 bits per heavy atom. The van der Waals surface area contributed by atoms with Gasteiger partial charge in [-0.1, -0.05) is 31.2 Å². The van der Waals surface area contributed by atoms with Gasteiger partial charge in [0.1, 0.15) is 0 Å². The number of piperidine rings is 1. The van der Waals surface area contributed by atoms with E-state index in [1.54, 1.807) is 11.1 Å². The van der Waals surface area contributed by atoms with Crippen molar-refractivity contribution in [2.75, 3.05) is 19.6 Å². The van der Waals surface area contributed by atoms with Gasteiger partial charge in [-0.05, 0) is 62.7 Å². The average Bonchev–Trinajstić information content (AvgIpc) is 2.53. The molecule has 0 bridgehead atoms. The molecule has 1 fully saturated rings. The molecule has 0 aromatic heterocycles. The number of nitrogens with one attached hydrogen (secondary N) is 1. The first-order valence-corrected chi connectivity index (χ1v) is 8.44. The monoisotopic (exact) mass is 272 g/mol. The zero-order valence-electron chi connectivity index (χ0n) is 12.8. The van der Waals surface area contributed by atoms with Crippen molar-refractivity contribution < 1.29 is 0 Å². The summed E-state index contributed by atoms with van der Waals surface area (Å²) in [6, 6.07) is 10.5. The van der Waals surface area contributed by atoms with Crippen molar-refractivity contribution in [1.29, 1.82) is 0 Å². The number of nitrogens with zero attached hydrogens (tertiary/aromatic N) is 1. The summed E-state index contributed by atoms with van der Waals surface area (Å²) in [5, 5.41) is 3.60. The molecule has 1 heterocycles. The summed E-state index contributed by atoms with van der Waals surface area (Å²) in [7, 11) is 0. The van der Waals surface area contributed by atoms with Crippen LogP contribution in [0.3, 0.4) is 0 Å². The quantitative estimate of drug-likeness (QED) is 0.902. The molecule has 0 saturated carbocycles. The molecule has 2 aliphatic rings. The minimum Gasteiger partial charge on any atom is -0.315 e. The topological polar surface area (TPSA) is 15.3 Å². The molecule has 0 amide bonds. The minimum atomic E-state index is 0.657. The summed E-state index contributed by atoms with van der Waals surface area (Å²) >= 11 is 0. The normalized spacial score (nSPS) is 26.5. The van der Waals surface area contributed by atoms with E-state index in [1.165, 1.54) is 58.2 Å². The van der Waals surface area contributed by atoms with Gasteiger partial charge in [-0.15, -0.1) is 0 Å².